The number of hydrogen-bond acceptors (Lipinski definition) is 2. The molecule has 2 aromatic rings. The highest BCUT2D eigenvalue weighted by molar-refractivity contribution is 5.88. The van der Waals surface area contributed by atoms with Gasteiger partial charge in [-0.2, -0.15) is 0 Å². The normalized spacial score (nSPS) is 11.5. The van der Waals surface area contributed by atoms with Crippen molar-refractivity contribution >= 4 is 16.7 Å². The Morgan fingerprint density at radius 3 is 2.72 bits per heavy atom. The molecule has 18 heavy (non-hydrogen) atoms. The van der Waals surface area contributed by atoms with Crippen LogP contribution in [0.2, 0.25) is 0 Å². The van der Waals surface area contributed by atoms with Crippen molar-refractivity contribution in [2.45, 2.75) is 6.92 Å². The Balaban J connectivity index is 2.20. The van der Waals surface area contributed by atoms with Crippen molar-refractivity contribution in [3.8, 4) is 5.75 Å². The van der Waals surface area contributed by atoms with Gasteiger partial charge in [0.15, 0.2) is 0 Å². The lowest BCUT2D eigenvalue weighted by atomic mass is 10.1. The molecule has 3 heteroatoms. The summed E-state index contributed by atoms with van der Waals surface area (Å²) in [5, 5.41) is 10.8. The van der Waals surface area contributed by atoms with Gasteiger partial charge in [0.25, 0.3) is 0 Å². The van der Waals surface area contributed by atoms with Gasteiger partial charge in [0.1, 0.15) is 12.4 Å². The van der Waals surface area contributed by atoms with Gasteiger partial charge in [-0.05, 0) is 23.9 Å². The molecule has 0 saturated heterocycles. The molecule has 0 atom stereocenters. The van der Waals surface area contributed by atoms with Crippen LogP contribution in [-0.4, -0.2) is 17.7 Å². The van der Waals surface area contributed by atoms with Crippen molar-refractivity contribution in [1.82, 2.24) is 0 Å². The van der Waals surface area contributed by atoms with E-state index in [1.807, 2.05) is 42.5 Å². The van der Waals surface area contributed by atoms with Gasteiger partial charge in [0.2, 0.25) is 0 Å². The summed E-state index contributed by atoms with van der Waals surface area (Å²) < 4.78 is 5.65. The minimum Gasteiger partial charge on any atom is -0.489 e. The molecule has 0 aliphatic rings. The first-order valence-corrected chi connectivity index (χ1v) is 5.67. The smallest absolute Gasteiger partial charge is 0.328 e. The van der Waals surface area contributed by atoms with Crippen LogP contribution in [0.1, 0.15) is 6.92 Å². The highest BCUT2D eigenvalue weighted by Crippen LogP contribution is 2.25. The molecule has 2 rings (SSSR count). The van der Waals surface area contributed by atoms with Crippen molar-refractivity contribution in [3.05, 3.63) is 54.1 Å². The summed E-state index contributed by atoms with van der Waals surface area (Å²) in [7, 11) is 0. The molecule has 1 N–H and O–H groups in total. The fraction of sp³-hybridized carbons (Fsp3) is 0.133. The van der Waals surface area contributed by atoms with Gasteiger partial charge in [0, 0.05) is 11.5 Å². The van der Waals surface area contributed by atoms with Crippen molar-refractivity contribution in [2.75, 3.05) is 6.61 Å². The van der Waals surface area contributed by atoms with Crippen LogP contribution in [0.15, 0.2) is 54.1 Å². The summed E-state index contributed by atoms with van der Waals surface area (Å²) in [6.45, 7) is 2.01. The van der Waals surface area contributed by atoms with Gasteiger partial charge in [-0.3, -0.25) is 0 Å². The zero-order chi connectivity index (χ0) is 13.0. The highest BCUT2D eigenvalue weighted by Gasteiger charge is 2.02. The maximum absolute atomic E-state index is 10.5. The number of ether oxygens (including phenoxy) is 1. The molecule has 0 bridgehead atoms. The third kappa shape index (κ3) is 2.88. The lowest BCUT2D eigenvalue weighted by Gasteiger charge is -2.09. The van der Waals surface area contributed by atoms with E-state index in [1.165, 1.54) is 0 Å². The molecule has 0 unspecified atom stereocenters. The van der Waals surface area contributed by atoms with Crippen LogP contribution in [-0.2, 0) is 4.79 Å². The van der Waals surface area contributed by atoms with Gasteiger partial charge in [0.05, 0.1) is 0 Å². The van der Waals surface area contributed by atoms with Crippen LogP contribution in [0.3, 0.4) is 0 Å². The molecule has 92 valence electrons. The molecule has 0 heterocycles. The van der Waals surface area contributed by atoms with E-state index in [0.717, 1.165) is 22.6 Å². The molecule has 3 nitrogen and oxygen atoms in total. The average molecular weight is 242 g/mol. The predicted octanol–water partition coefficient (Wildman–Crippen LogP) is 3.25. The van der Waals surface area contributed by atoms with Gasteiger partial charge < -0.3 is 9.84 Å². The molecule has 0 radical (unpaired) electrons. The van der Waals surface area contributed by atoms with Crippen LogP contribution in [0.25, 0.3) is 10.8 Å². The van der Waals surface area contributed by atoms with Crippen molar-refractivity contribution < 1.29 is 14.6 Å². The Bertz CT molecular complexity index is 594. The summed E-state index contributed by atoms with van der Waals surface area (Å²) in [4.78, 5) is 10.5. The molecule has 2 aromatic carbocycles. The number of carboxylic acids is 1. The molecular weight excluding hydrogens is 228 g/mol. The van der Waals surface area contributed by atoms with E-state index in [1.54, 1.807) is 6.92 Å². The first-order valence-electron chi connectivity index (χ1n) is 5.67. The maximum atomic E-state index is 10.5. The Morgan fingerprint density at radius 2 is 1.94 bits per heavy atom. The third-order valence-electron chi connectivity index (χ3n) is 2.57. The monoisotopic (exact) mass is 242 g/mol. The van der Waals surface area contributed by atoms with E-state index >= 15 is 0 Å². The zero-order valence-corrected chi connectivity index (χ0v) is 10.1. The van der Waals surface area contributed by atoms with E-state index in [-0.39, 0.29) is 6.61 Å². The standard InChI is InChI=1S/C15H14O3/c1-11(9-15(16)17)10-18-14-8-4-6-12-5-2-3-7-13(12)14/h2-9H,10H2,1H3,(H,16,17). The highest BCUT2D eigenvalue weighted by atomic mass is 16.5. The lowest BCUT2D eigenvalue weighted by molar-refractivity contribution is -0.131. The van der Waals surface area contributed by atoms with Gasteiger partial charge in [-0.15, -0.1) is 0 Å². The van der Waals surface area contributed by atoms with E-state index < -0.39 is 5.97 Å². The molecule has 0 aliphatic heterocycles. The largest absolute Gasteiger partial charge is 0.489 e. The van der Waals surface area contributed by atoms with Crippen LogP contribution in [0.5, 0.6) is 5.75 Å². The summed E-state index contributed by atoms with van der Waals surface area (Å²) >= 11 is 0. The predicted molar refractivity (Wildman–Crippen MR) is 70.8 cm³/mol. The number of rotatable bonds is 4. The number of aliphatic carboxylic acids is 1. The van der Waals surface area contributed by atoms with Crippen LogP contribution in [0, 0.1) is 0 Å². The number of hydrogen-bond donors (Lipinski definition) is 1. The summed E-state index contributed by atoms with van der Waals surface area (Å²) in [6, 6.07) is 13.8. The summed E-state index contributed by atoms with van der Waals surface area (Å²) in [5.41, 5.74) is 0.676. The first-order chi connectivity index (χ1) is 8.66. The van der Waals surface area contributed by atoms with Gasteiger partial charge in [-0.25, -0.2) is 4.79 Å². The van der Waals surface area contributed by atoms with E-state index in [2.05, 4.69) is 0 Å². The molecule has 0 aromatic heterocycles. The molecule has 0 amide bonds. The van der Waals surface area contributed by atoms with Crippen molar-refractivity contribution in [2.24, 2.45) is 0 Å². The second kappa shape index (κ2) is 5.36. The zero-order valence-electron chi connectivity index (χ0n) is 10.1. The van der Waals surface area contributed by atoms with E-state index in [4.69, 9.17) is 9.84 Å². The summed E-state index contributed by atoms with van der Waals surface area (Å²) in [5.74, 6) is -0.180. The minimum absolute atomic E-state index is 0.278. The second-order valence-corrected chi connectivity index (χ2v) is 4.09. The fourth-order valence-electron chi connectivity index (χ4n) is 1.77. The van der Waals surface area contributed by atoms with Crippen LogP contribution >= 0.6 is 0 Å². The minimum atomic E-state index is -0.950. The Hall–Kier alpha value is -2.29. The van der Waals surface area contributed by atoms with E-state index in [0.29, 0.717) is 5.57 Å². The fourth-order valence-corrected chi connectivity index (χ4v) is 1.77. The number of benzene rings is 2. The summed E-state index contributed by atoms with van der Waals surface area (Å²) in [6.07, 6.45) is 1.16. The van der Waals surface area contributed by atoms with Crippen LogP contribution in [0.4, 0.5) is 0 Å². The van der Waals surface area contributed by atoms with Crippen molar-refractivity contribution in [3.63, 3.8) is 0 Å². The average Bonchev–Trinajstić information content (AvgIpc) is 2.35. The molecular formula is C15H14O3. The first kappa shape index (κ1) is 12.2. The Labute approximate surface area is 105 Å². The van der Waals surface area contributed by atoms with Crippen LogP contribution < -0.4 is 4.74 Å². The molecule has 0 fully saturated rings. The Kier molecular flexibility index (Phi) is 3.63. The van der Waals surface area contributed by atoms with Crippen molar-refractivity contribution in [1.29, 1.82) is 0 Å². The number of carboxylic acid groups (broad SMARTS) is 1. The topological polar surface area (TPSA) is 46.5 Å². The SMILES string of the molecule is CC(=CC(=O)O)COc1cccc2ccccc12. The Morgan fingerprint density at radius 1 is 1.22 bits per heavy atom. The van der Waals surface area contributed by atoms with Gasteiger partial charge in [-0.1, -0.05) is 36.4 Å². The molecule has 0 saturated carbocycles. The third-order valence-corrected chi connectivity index (χ3v) is 2.57. The second-order valence-electron chi connectivity index (χ2n) is 4.09. The molecule has 0 spiro atoms. The van der Waals surface area contributed by atoms with Gasteiger partial charge >= 0.3 is 5.97 Å². The lowest BCUT2D eigenvalue weighted by Crippen LogP contribution is -2.01. The maximum Gasteiger partial charge on any atom is 0.328 e. The number of carbonyl (C=O) groups is 1. The quantitative estimate of drug-likeness (QED) is 0.837. The molecule has 0 aliphatic carbocycles. The number of fused-ring (bicyclic) bond motifs is 1. The van der Waals surface area contributed by atoms with E-state index in [9.17, 15) is 4.79 Å².